The van der Waals surface area contributed by atoms with Crippen molar-refractivity contribution in [2.75, 3.05) is 61.4 Å². The molecular weight excluding hydrogens is 925 g/mol. The molecule has 1 atom stereocenters. The Bertz CT molecular complexity index is 2290. The number of nitrogens with zero attached hydrogens (tertiary/aromatic N) is 7. The first-order valence-corrected chi connectivity index (χ1v) is 22.3. The Hall–Kier alpha value is -6.12. The average molecular weight is 985 g/mol. The summed E-state index contributed by atoms with van der Waals surface area (Å²) >= 11 is 16.4. The maximum absolute atomic E-state index is 13.2. The molecule has 0 radical (unpaired) electrons. The molecule has 5 aromatic rings. The number of amides is 3. The average Bonchev–Trinajstić information content (AvgIpc) is 3.74. The zero-order valence-corrected chi connectivity index (χ0v) is 41.0. The van der Waals surface area contributed by atoms with Crippen molar-refractivity contribution in [2.45, 2.75) is 72.1 Å². The van der Waals surface area contributed by atoms with Gasteiger partial charge in [-0.05, 0) is 119 Å². The number of alkyl carbamates (subject to hydrolysis) is 2. The molecule has 6 rings (SSSR count). The van der Waals surface area contributed by atoms with Crippen molar-refractivity contribution in [1.29, 1.82) is 0 Å². The topological polar surface area (TPSA) is 260 Å². The van der Waals surface area contributed by atoms with Crippen LogP contribution in [-0.2, 0) is 15.9 Å². The number of carbonyl (C=O) groups excluding carboxylic acids is 3. The normalized spacial score (nSPS) is 11.8. The van der Waals surface area contributed by atoms with Gasteiger partial charge < -0.3 is 46.9 Å². The SMILES string of the molecule is CC(C)(C)OC(=O)NCCN.CC(C)(C)OC(=O)NCCNc1ccnc(Cl)n1.C[C@H](Nc1nccc(N(CCN)C(=O)c2ccc3c(c2)CCO3)n1)c1ccccc1.Clc1ccnc(Cl)n1. The molecule has 22 heteroatoms. The summed E-state index contributed by atoms with van der Waals surface area (Å²) in [6.07, 6.45) is 4.66. The molecule has 0 spiro atoms. The number of halogens is 3. The summed E-state index contributed by atoms with van der Waals surface area (Å²) in [6.45, 7) is 16.1. The number of aromatic nitrogens is 6. The van der Waals surface area contributed by atoms with Gasteiger partial charge in [-0.2, -0.15) is 4.98 Å². The molecule has 1 aliphatic heterocycles. The second kappa shape index (κ2) is 28.1. The van der Waals surface area contributed by atoms with Crippen molar-refractivity contribution in [3.8, 4) is 5.75 Å². The number of nitrogens with one attached hydrogen (secondary N) is 4. The summed E-state index contributed by atoms with van der Waals surface area (Å²) in [6, 6.07) is 20.6. The van der Waals surface area contributed by atoms with E-state index in [9.17, 15) is 14.4 Å². The maximum atomic E-state index is 13.2. The van der Waals surface area contributed by atoms with E-state index in [0.717, 1.165) is 23.3 Å². The van der Waals surface area contributed by atoms with Gasteiger partial charge in [-0.25, -0.2) is 34.5 Å². The molecule has 1 aliphatic rings. The molecule has 8 N–H and O–H groups in total. The van der Waals surface area contributed by atoms with E-state index in [-0.39, 0.29) is 22.5 Å². The summed E-state index contributed by atoms with van der Waals surface area (Å²) in [5.74, 6) is 2.29. The van der Waals surface area contributed by atoms with Crippen LogP contribution in [0.4, 0.5) is 27.2 Å². The molecule has 0 bridgehead atoms. The quantitative estimate of drug-likeness (QED) is 0.0379. The fourth-order valence-corrected chi connectivity index (χ4v) is 5.89. The summed E-state index contributed by atoms with van der Waals surface area (Å²) in [5, 5.41) is 12.1. The smallest absolute Gasteiger partial charge is 0.407 e. The Morgan fingerprint density at radius 3 is 1.97 bits per heavy atom. The van der Waals surface area contributed by atoms with Crippen LogP contribution in [0.2, 0.25) is 15.7 Å². The summed E-state index contributed by atoms with van der Waals surface area (Å²) in [4.78, 5) is 60.8. The second-order valence-corrected chi connectivity index (χ2v) is 17.2. The van der Waals surface area contributed by atoms with Gasteiger partial charge in [-0.3, -0.25) is 9.69 Å². The Morgan fingerprint density at radius 1 is 0.761 bits per heavy atom. The predicted octanol–water partition coefficient (Wildman–Crippen LogP) is 7.51. The van der Waals surface area contributed by atoms with Gasteiger partial charge in [0.1, 0.15) is 33.7 Å². The highest BCUT2D eigenvalue weighted by Crippen LogP contribution is 2.27. The molecule has 0 aliphatic carbocycles. The zero-order chi connectivity index (χ0) is 49.4. The van der Waals surface area contributed by atoms with Gasteiger partial charge in [0.05, 0.1) is 12.6 Å². The first kappa shape index (κ1) is 55.2. The minimum atomic E-state index is -0.488. The minimum absolute atomic E-state index is 0.0248. The molecular formula is C45H60Cl3N13O6. The number of hydrogen-bond donors (Lipinski definition) is 6. The van der Waals surface area contributed by atoms with Gasteiger partial charge in [0.2, 0.25) is 16.5 Å². The van der Waals surface area contributed by atoms with E-state index >= 15 is 0 Å². The number of anilines is 3. The van der Waals surface area contributed by atoms with Crippen molar-refractivity contribution >= 4 is 70.5 Å². The van der Waals surface area contributed by atoms with Crippen LogP contribution in [0.15, 0.2) is 85.3 Å². The molecule has 67 heavy (non-hydrogen) atoms. The minimum Gasteiger partial charge on any atom is -0.493 e. The molecule has 0 unspecified atom stereocenters. The van der Waals surface area contributed by atoms with E-state index in [0.29, 0.717) is 74.2 Å². The van der Waals surface area contributed by atoms with Crippen LogP contribution in [0, 0.1) is 0 Å². The van der Waals surface area contributed by atoms with Crippen LogP contribution in [-0.4, -0.2) is 105 Å². The number of ether oxygens (including phenoxy) is 3. The number of carbonyl (C=O) groups is 3. The van der Waals surface area contributed by atoms with Gasteiger partial charge in [0, 0.05) is 69.8 Å². The Labute approximate surface area is 406 Å². The van der Waals surface area contributed by atoms with Gasteiger partial charge in [-0.1, -0.05) is 41.9 Å². The van der Waals surface area contributed by atoms with Crippen LogP contribution in [0.25, 0.3) is 0 Å². The van der Waals surface area contributed by atoms with E-state index in [4.69, 9.17) is 60.5 Å². The lowest BCUT2D eigenvalue weighted by Gasteiger charge is -2.22. The Kier molecular flexibility index (Phi) is 23.2. The Morgan fingerprint density at radius 2 is 1.39 bits per heavy atom. The number of hydrogen-bond acceptors (Lipinski definition) is 16. The van der Waals surface area contributed by atoms with Gasteiger partial charge in [-0.15, -0.1) is 0 Å². The van der Waals surface area contributed by atoms with E-state index in [2.05, 4.69) is 51.2 Å². The third kappa shape index (κ3) is 22.3. The number of benzene rings is 2. The molecule has 362 valence electrons. The lowest BCUT2D eigenvalue weighted by Crippen LogP contribution is -2.36. The fraction of sp³-hybridized carbons (Fsp3) is 0.400. The number of rotatable bonds is 13. The monoisotopic (exact) mass is 983 g/mol. The number of fused-ring (bicyclic) bond motifs is 1. The molecule has 0 fully saturated rings. The van der Waals surface area contributed by atoms with Crippen LogP contribution >= 0.6 is 34.8 Å². The summed E-state index contributed by atoms with van der Waals surface area (Å²) < 4.78 is 15.6. The largest absolute Gasteiger partial charge is 0.493 e. The van der Waals surface area contributed by atoms with Crippen molar-refractivity contribution in [2.24, 2.45) is 11.5 Å². The zero-order valence-electron chi connectivity index (χ0n) is 38.7. The summed E-state index contributed by atoms with van der Waals surface area (Å²) in [7, 11) is 0. The third-order valence-corrected chi connectivity index (χ3v) is 8.80. The van der Waals surface area contributed by atoms with E-state index in [1.165, 1.54) is 6.20 Å². The first-order valence-electron chi connectivity index (χ1n) is 21.2. The molecule has 0 saturated heterocycles. The maximum Gasteiger partial charge on any atom is 0.407 e. The van der Waals surface area contributed by atoms with Gasteiger partial charge in [0.15, 0.2) is 0 Å². The standard InChI is InChI=1S/C23H25N5O2.C11H17ClN4O2.C7H16N2O2.C4H2Cl2N2/c1-16(17-5-3-2-4-6-17)26-23-25-12-9-21(27-23)28(13-11-24)22(29)19-7-8-20-18(15-19)10-14-30-20;1-11(2,3)18-10(17)15-7-6-13-8-4-5-14-9(12)16-8;1-7(2,3)11-6(10)9-5-4-8;5-3-1-2-7-4(6)8-3/h2-9,12,15-16H,10-11,13-14,24H2,1H3,(H,25,26,27);4-5H,6-7H2,1-3H3,(H,15,17)(H,13,14,16);4-5,8H2,1-3H3,(H,9,10);1-2H/t16-;;;/m0.../s1. The van der Waals surface area contributed by atoms with Crippen LogP contribution in [0.1, 0.15) is 76.0 Å². The van der Waals surface area contributed by atoms with E-state index in [1.54, 1.807) is 41.6 Å². The fourth-order valence-electron chi connectivity index (χ4n) is 5.42. The predicted molar refractivity (Wildman–Crippen MR) is 262 cm³/mol. The first-order chi connectivity index (χ1) is 31.8. The summed E-state index contributed by atoms with van der Waals surface area (Å²) in [5.41, 5.74) is 12.8. The van der Waals surface area contributed by atoms with Crippen LogP contribution in [0.5, 0.6) is 5.75 Å². The van der Waals surface area contributed by atoms with Gasteiger partial charge in [0.25, 0.3) is 5.91 Å². The van der Waals surface area contributed by atoms with Crippen molar-refractivity contribution in [3.05, 3.63) is 118 Å². The van der Waals surface area contributed by atoms with Crippen molar-refractivity contribution in [3.63, 3.8) is 0 Å². The van der Waals surface area contributed by atoms with Crippen molar-refractivity contribution < 1.29 is 28.6 Å². The second-order valence-electron chi connectivity index (χ2n) is 16.1. The highest BCUT2D eigenvalue weighted by molar-refractivity contribution is 6.31. The molecule has 19 nitrogen and oxygen atoms in total. The number of nitrogens with two attached hydrogens (primary N) is 2. The van der Waals surface area contributed by atoms with Crippen LogP contribution < -0.4 is 42.4 Å². The lowest BCUT2D eigenvalue weighted by molar-refractivity contribution is 0.0518. The lowest BCUT2D eigenvalue weighted by atomic mass is 10.1. The molecule has 3 amide bonds. The molecule has 3 aromatic heterocycles. The third-order valence-electron chi connectivity index (χ3n) is 8.23. The highest BCUT2D eigenvalue weighted by atomic mass is 35.5. The van der Waals surface area contributed by atoms with Crippen LogP contribution in [0.3, 0.4) is 0 Å². The highest BCUT2D eigenvalue weighted by Gasteiger charge is 2.22. The molecule has 2 aromatic carbocycles. The molecule has 0 saturated carbocycles. The van der Waals surface area contributed by atoms with E-state index < -0.39 is 23.4 Å². The Balaban J connectivity index is 0.000000271. The van der Waals surface area contributed by atoms with Gasteiger partial charge >= 0.3 is 12.2 Å². The molecule has 4 heterocycles. The van der Waals surface area contributed by atoms with E-state index in [1.807, 2.05) is 90.9 Å². The van der Waals surface area contributed by atoms with Crippen molar-refractivity contribution in [1.82, 2.24) is 40.5 Å².